The number of anilines is 2. The van der Waals surface area contributed by atoms with Gasteiger partial charge < -0.3 is 10.6 Å². The van der Waals surface area contributed by atoms with Crippen LogP contribution in [-0.4, -0.2) is 22.6 Å². The summed E-state index contributed by atoms with van der Waals surface area (Å²) >= 11 is 0. The van der Waals surface area contributed by atoms with Gasteiger partial charge in [-0.25, -0.2) is 8.78 Å². The monoisotopic (exact) mass is 278 g/mol. The van der Waals surface area contributed by atoms with Crippen LogP contribution in [-0.2, 0) is 0 Å². The van der Waals surface area contributed by atoms with Gasteiger partial charge in [0.2, 0.25) is 0 Å². The third kappa shape index (κ3) is 3.05. The topological polar surface area (TPSA) is 66.9 Å². The van der Waals surface area contributed by atoms with Gasteiger partial charge in [-0.1, -0.05) is 6.07 Å². The first-order valence-electron chi connectivity index (χ1n) is 5.94. The van der Waals surface area contributed by atoms with Crippen LogP contribution in [0.15, 0.2) is 30.3 Å². The average Bonchev–Trinajstić information content (AvgIpc) is 2.44. The highest BCUT2D eigenvalue weighted by molar-refractivity contribution is 6.02. The van der Waals surface area contributed by atoms with Gasteiger partial charge in [-0.2, -0.15) is 0 Å². The second kappa shape index (κ2) is 6.05. The summed E-state index contributed by atoms with van der Waals surface area (Å²) in [6, 6.07) is 6.30. The van der Waals surface area contributed by atoms with E-state index in [1.165, 1.54) is 12.1 Å². The molecule has 0 radical (unpaired) electrons. The number of amides is 1. The molecule has 2 N–H and O–H groups in total. The second-order valence-electron chi connectivity index (χ2n) is 3.88. The van der Waals surface area contributed by atoms with Crippen molar-refractivity contribution in [1.82, 2.24) is 10.2 Å². The fraction of sp³-hybridized carbons (Fsp3) is 0.154. The predicted octanol–water partition coefficient (Wildman–Crippen LogP) is 2.44. The molecule has 5 nitrogen and oxygen atoms in total. The summed E-state index contributed by atoms with van der Waals surface area (Å²) in [5.74, 6) is -1.92. The Bertz CT molecular complexity index is 596. The number of rotatable bonds is 4. The maximum atomic E-state index is 13.4. The molecule has 104 valence electrons. The molecule has 0 aliphatic rings. The van der Waals surface area contributed by atoms with Crippen molar-refractivity contribution in [1.29, 1.82) is 0 Å². The van der Waals surface area contributed by atoms with E-state index in [9.17, 15) is 13.6 Å². The van der Waals surface area contributed by atoms with Crippen LogP contribution in [0.3, 0.4) is 0 Å². The van der Waals surface area contributed by atoms with E-state index >= 15 is 0 Å². The highest BCUT2D eigenvalue weighted by atomic mass is 19.1. The van der Waals surface area contributed by atoms with Crippen molar-refractivity contribution in [2.45, 2.75) is 6.92 Å². The molecule has 7 heteroatoms. The molecule has 0 unspecified atom stereocenters. The Kier molecular flexibility index (Phi) is 4.19. The number of hydrogen-bond donors (Lipinski definition) is 2. The molecular weight excluding hydrogens is 266 g/mol. The largest absolute Gasteiger partial charge is 0.369 e. The van der Waals surface area contributed by atoms with Gasteiger partial charge in [0.25, 0.3) is 5.91 Å². The van der Waals surface area contributed by atoms with Gasteiger partial charge in [-0.15, -0.1) is 10.2 Å². The summed E-state index contributed by atoms with van der Waals surface area (Å²) in [7, 11) is 0. The van der Waals surface area contributed by atoms with E-state index in [2.05, 4.69) is 20.8 Å². The normalized spacial score (nSPS) is 10.2. The summed E-state index contributed by atoms with van der Waals surface area (Å²) in [5, 5.41) is 12.5. The molecule has 0 aliphatic carbocycles. The molecule has 0 saturated heterocycles. The predicted molar refractivity (Wildman–Crippen MR) is 70.5 cm³/mol. The molecular formula is C13H12F2N4O. The molecule has 1 amide bonds. The quantitative estimate of drug-likeness (QED) is 0.901. The summed E-state index contributed by atoms with van der Waals surface area (Å²) in [4.78, 5) is 11.8. The van der Waals surface area contributed by atoms with Crippen molar-refractivity contribution in [2.24, 2.45) is 0 Å². The van der Waals surface area contributed by atoms with E-state index < -0.39 is 23.2 Å². The minimum Gasteiger partial charge on any atom is -0.369 e. The number of hydrogen-bond acceptors (Lipinski definition) is 4. The standard InChI is InChI=1S/C13H12F2N4O/c1-2-16-11-7-6-10(18-19-11)13(20)17-12-8(14)4-3-5-9(12)15/h3-7H,2H2,1H3,(H,16,19)(H,17,20). The van der Waals surface area contributed by atoms with Gasteiger partial charge in [0, 0.05) is 6.54 Å². The van der Waals surface area contributed by atoms with Gasteiger partial charge in [0.1, 0.15) is 23.1 Å². The molecule has 0 fully saturated rings. The van der Waals surface area contributed by atoms with Crippen LogP contribution in [0.1, 0.15) is 17.4 Å². The second-order valence-corrected chi connectivity index (χ2v) is 3.88. The fourth-order valence-electron chi connectivity index (χ4n) is 1.52. The van der Waals surface area contributed by atoms with E-state index in [4.69, 9.17) is 0 Å². The lowest BCUT2D eigenvalue weighted by atomic mass is 10.2. The molecule has 2 aromatic rings. The Labute approximate surface area is 114 Å². The van der Waals surface area contributed by atoms with Crippen molar-refractivity contribution in [2.75, 3.05) is 17.2 Å². The Morgan fingerprint density at radius 3 is 2.40 bits per heavy atom. The van der Waals surface area contributed by atoms with Gasteiger partial charge in [0.05, 0.1) is 0 Å². The maximum absolute atomic E-state index is 13.4. The molecule has 0 atom stereocenters. The van der Waals surface area contributed by atoms with Crippen molar-refractivity contribution in [3.05, 3.63) is 47.7 Å². The minimum absolute atomic E-state index is 0.0330. The smallest absolute Gasteiger partial charge is 0.276 e. The highest BCUT2D eigenvalue weighted by Crippen LogP contribution is 2.18. The minimum atomic E-state index is -0.851. The third-order valence-electron chi connectivity index (χ3n) is 2.46. The highest BCUT2D eigenvalue weighted by Gasteiger charge is 2.14. The molecule has 0 saturated carbocycles. The van der Waals surface area contributed by atoms with E-state index in [1.54, 1.807) is 6.07 Å². The van der Waals surface area contributed by atoms with Crippen LogP contribution >= 0.6 is 0 Å². The average molecular weight is 278 g/mol. The van der Waals surface area contributed by atoms with Crippen LogP contribution in [0.2, 0.25) is 0 Å². The van der Waals surface area contributed by atoms with Gasteiger partial charge >= 0.3 is 0 Å². The van der Waals surface area contributed by atoms with Crippen molar-refractivity contribution in [3.63, 3.8) is 0 Å². The van der Waals surface area contributed by atoms with E-state index in [0.29, 0.717) is 12.4 Å². The molecule has 0 bridgehead atoms. The van der Waals surface area contributed by atoms with Crippen LogP contribution in [0.4, 0.5) is 20.3 Å². The maximum Gasteiger partial charge on any atom is 0.276 e. The van der Waals surface area contributed by atoms with Crippen molar-refractivity contribution in [3.8, 4) is 0 Å². The SMILES string of the molecule is CCNc1ccc(C(=O)Nc2c(F)cccc2F)nn1. The van der Waals surface area contributed by atoms with Crippen LogP contribution in [0.5, 0.6) is 0 Å². The summed E-state index contributed by atoms with van der Waals surface area (Å²) in [6.07, 6.45) is 0. The van der Waals surface area contributed by atoms with Crippen molar-refractivity contribution >= 4 is 17.4 Å². The van der Waals surface area contributed by atoms with E-state index in [0.717, 1.165) is 12.1 Å². The molecule has 1 aromatic heterocycles. The number of carbonyl (C=O) groups is 1. The molecule has 1 heterocycles. The molecule has 1 aromatic carbocycles. The van der Waals surface area contributed by atoms with Crippen LogP contribution in [0.25, 0.3) is 0 Å². The zero-order valence-corrected chi connectivity index (χ0v) is 10.7. The van der Waals surface area contributed by atoms with Gasteiger partial charge in [-0.3, -0.25) is 4.79 Å². The van der Waals surface area contributed by atoms with Gasteiger partial charge in [0.15, 0.2) is 5.69 Å². The number of carbonyl (C=O) groups excluding carboxylic acids is 1. The first-order chi connectivity index (χ1) is 9.61. The zero-order valence-electron chi connectivity index (χ0n) is 10.7. The van der Waals surface area contributed by atoms with Gasteiger partial charge in [-0.05, 0) is 31.2 Å². The zero-order chi connectivity index (χ0) is 14.5. The lowest BCUT2D eigenvalue weighted by Gasteiger charge is -2.07. The van der Waals surface area contributed by atoms with Crippen LogP contribution < -0.4 is 10.6 Å². The number of nitrogens with zero attached hydrogens (tertiary/aromatic N) is 2. The number of nitrogens with one attached hydrogen (secondary N) is 2. The Morgan fingerprint density at radius 1 is 1.15 bits per heavy atom. The van der Waals surface area contributed by atoms with Crippen LogP contribution in [0, 0.1) is 11.6 Å². The lowest BCUT2D eigenvalue weighted by Crippen LogP contribution is -2.16. The number of para-hydroxylation sites is 1. The summed E-state index contributed by atoms with van der Waals surface area (Å²) in [6.45, 7) is 2.56. The number of halogens is 2. The summed E-state index contributed by atoms with van der Waals surface area (Å²) in [5.41, 5.74) is -0.538. The Balaban J connectivity index is 2.16. The number of benzene rings is 1. The first-order valence-corrected chi connectivity index (χ1v) is 5.94. The summed E-state index contributed by atoms with van der Waals surface area (Å²) < 4.78 is 26.8. The van der Waals surface area contributed by atoms with E-state index in [1.807, 2.05) is 6.92 Å². The Hall–Kier alpha value is -2.57. The fourth-order valence-corrected chi connectivity index (χ4v) is 1.52. The third-order valence-corrected chi connectivity index (χ3v) is 2.46. The van der Waals surface area contributed by atoms with E-state index in [-0.39, 0.29) is 5.69 Å². The lowest BCUT2D eigenvalue weighted by molar-refractivity contribution is 0.102. The molecule has 20 heavy (non-hydrogen) atoms. The molecule has 0 aliphatic heterocycles. The first kappa shape index (κ1) is 13.9. The number of aromatic nitrogens is 2. The van der Waals surface area contributed by atoms with Crippen molar-refractivity contribution < 1.29 is 13.6 Å². The molecule has 0 spiro atoms. The Morgan fingerprint density at radius 2 is 1.85 bits per heavy atom. The molecule has 2 rings (SSSR count).